The highest BCUT2D eigenvalue weighted by molar-refractivity contribution is 7.16. The van der Waals surface area contributed by atoms with E-state index < -0.39 is 5.91 Å². The van der Waals surface area contributed by atoms with Crippen molar-refractivity contribution >= 4 is 27.5 Å². The molecule has 0 fully saturated rings. The van der Waals surface area contributed by atoms with Gasteiger partial charge >= 0.3 is 0 Å². The van der Waals surface area contributed by atoms with Gasteiger partial charge < -0.3 is 9.30 Å². The van der Waals surface area contributed by atoms with Crippen molar-refractivity contribution in [3.05, 3.63) is 46.3 Å². The number of amides is 1. The maximum Gasteiger partial charge on any atom is 0.300 e. The van der Waals surface area contributed by atoms with Crippen molar-refractivity contribution in [3.63, 3.8) is 0 Å². The molecule has 0 saturated heterocycles. The molecule has 3 rings (SSSR count). The lowest BCUT2D eigenvalue weighted by atomic mass is 10.3. The lowest BCUT2D eigenvalue weighted by Crippen LogP contribution is -2.20. The molecule has 0 saturated carbocycles. The third-order valence-electron chi connectivity index (χ3n) is 4.14. The van der Waals surface area contributed by atoms with Crippen LogP contribution in [-0.4, -0.2) is 33.5 Å². The Morgan fingerprint density at radius 2 is 2.19 bits per heavy atom. The zero-order chi connectivity index (χ0) is 19.6. The molecule has 144 valence electrons. The molecule has 0 aliphatic heterocycles. The van der Waals surface area contributed by atoms with Crippen LogP contribution in [0.15, 0.2) is 29.3 Å². The summed E-state index contributed by atoms with van der Waals surface area (Å²) in [5, 5.41) is 4.35. The van der Waals surface area contributed by atoms with Crippen molar-refractivity contribution in [2.24, 2.45) is 4.99 Å². The number of halogens is 1. The van der Waals surface area contributed by atoms with Gasteiger partial charge in [0.05, 0.1) is 16.8 Å². The molecule has 6 nitrogen and oxygen atoms in total. The Hall–Kier alpha value is -2.32. The molecule has 0 unspecified atom stereocenters. The topological polar surface area (TPSA) is 61.4 Å². The van der Waals surface area contributed by atoms with E-state index >= 15 is 0 Å². The fourth-order valence-electron chi connectivity index (χ4n) is 2.94. The van der Waals surface area contributed by atoms with Gasteiger partial charge in [-0.3, -0.25) is 9.48 Å². The van der Waals surface area contributed by atoms with Crippen LogP contribution in [0, 0.1) is 12.7 Å². The second-order valence-corrected chi connectivity index (χ2v) is 7.46. The maximum absolute atomic E-state index is 14.4. The predicted octanol–water partition coefficient (Wildman–Crippen LogP) is 3.71. The summed E-state index contributed by atoms with van der Waals surface area (Å²) in [6, 6.07) is 6.76. The van der Waals surface area contributed by atoms with Gasteiger partial charge in [-0.05, 0) is 45.9 Å². The number of carbonyl (C=O) groups is 1. The van der Waals surface area contributed by atoms with Crippen LogP contribution in [0.25, 0.3) is 10.2 Å². The number of aryl methyl sites for hydroxylation is 1. The summed E-state index contributed by atoms with van der Waals surface area (Å²) in [5.41, 5.74) is 1.63. The van der Waals surface area contributed by atoms with E-state index in [-0.39, 0.29) is 17.6 Å². The molecule has 27 heavy (non-hydrogen) atoms. The lowest BCUT2D eigenvalue weighted by Gasteiger charge is -2.06. The Bertz CT molecular complexity index is 1030. The number of carbonyl (C=O) groups excluding carboxylic acids is 1. The highest BCUT2D eigenvalue weighted by Crippen LogP contribution is 2.20. The summed E-state index contributed by atoms with van der Waals surface area (Å²) in [6.45, 7) is 9.21. The largest absolute Gasteiger partial charge is 0.380 e. The number of benzene rings is 1. The van der Waals surface area contributed by atoms with Gasteiger partial charge in [0.1, 0.15) is 5.82 Å². The monoisotopic (exact) mass is 390 g/mol. The number of ether oxygens (including phenoxy) is 1. The van der Waals surface area contributed by atoms with Crippen molar-refractivity contribution in [1.82, 2.24) is 14.3 Å². The van der Waals surface area contributed by atoms with Gasteiger partial charge in [0, 0.05) is 24.9 Å². The van der Waals surface area contributed by atoms with E-state index in [2.05, 4.69) is 10.1 Å². The summed E-state index contributed by atoms with van der Waals surface area (Å²) in [6.07, 6.45) is 0. The number of para-hydroxylation sites is 1. The second-order valence-electron chi connectivity index (χ2n) is 6.45. The average Bonchev–Trinajstić information content (AvgIpc) is 3.17. The average molecular weight is 390 g/mol. The Labute approximate surface area is 160 Å². The van der Waals surface area contributed by atoms with Crippen molar-refractivity contribution in [1.29, 1.82) is 0 Å². The van der Waals surface area contributed by atoms with E-state index in [4.69, 9.17) is 4.74 Å². The van der Waals surface area contributed by atoms with Crippen LogP contribution in [0.2, 0.25) is 0 Å². The van der Waals surface area contributed by atoms with Gasteiger partial charge in [-0.15, -0.1) is 0 Å². The molecule has 0 spiro atoms. The quantitative estimate of drug-likeness (QED) is 0.603. The minimum Gasteiger partial charge on any atom is -0.380 e. The molecule has 2 heterocycles. The summed E-state index contributed by atoms with van der Waals surface area (Å²) in [5.74, 6) is -0.774. The van der Waals surface area contributed by atoms with Gasteiger partial charge in [-0.25, -0.2) is 4.39 Å². The Morgan fingerprint density at radius 3 is 2.85 bits per heavy atom. The third kappa shape index (κ3) is 4.01. The number of aromatic nitrogens is 3. The summed E-state index contributed by atoms with van der Waals surface area (Å²) in [7, 11) is 0. The van der Waals surface area contributed by atoms with Gasteiger partial charge in [0.2, 0.25) is 0 Å². The SMILES string of the molecule is CCOCCn1c(=NC(=O)c2cc(C)n(C(C)C)n2)sc2cccc(F)c21. The van der Waals surface area contributed by atoms with Crippen LogP contribution in [0.1, 0.15) is 43.0 Å². The minimum absolute atomic E-state index is 0.154. The van der Waals surface area contributed by atoms with Crippen molar-refractivity contribution in [2.75, 3.05) is 13.2 Å². The molecule has 0 radical (unpaired) electrons. The molecule has 0 aliphatic rings. The zero-order valence-electron chi connectivity index (χ0n) is 15.9. The minimum atomic E-state index is -0.436. The molecule has 1 amide bonds. The summed E-state index contributed by atoms with van der Waals surface area (Å²) >= 11 is 1.28. The molecule has 0 atom stereocenters. The molecule has 0 N–H and O–H groups in total. The van der Waals surface area contributed by atoms with Crippen LogP contribution >= 0.6 is 11.3 Å². The van der Waals surface area contributed by atoms with Gasteiger partial charge in [-0.2, -0.15) is 10.1 Å². The Morgan fingerprint density at radius 1 is 1.41 bits per heavy atom. The van der Waals surface area contributed by atoms with E-state index in [1.807, 2.05) is 33.8 Å². The summed E-state index contributed by atoms with van der Waals surface area (Å²) < 4.78 is 24.0. The number of fused-ring (bicyclic) bond motifs is 1. The normalized spacial score (nSPS) is 12.4. The van der Waals surface area contributed by atoms with Crippen molar-refractivity contribution < 1.29 is 13.9 Å². The Balaban J connectivity index is 2.06. The second kappa shape index (κ2) is 8.14. The smallest absolute Gasteiger partial charge is 0.300 e. The lowest BCUT2D eigenvalue weighted by molar-refractivity contribution is 0.0991. The number of nitrogens with zero attached hydrogens (tertiary/aromatic N) is 4. The highest BCUT2D eigenvalue weighted by atomic mass is 32.1. The molecule has 8 heteroatoms. The third-order valence-corrected chi connectivity index (χ3v) is 5.19. The number of hydrogen-bond acceptors (Lipinski definition) is 4. The standard InChI is InChI=1S/C19H23FN4O2S/c1-5-26-10-9-23-17-14(20)7-6-8-16(17)27-19(23)21-18(25)15-11-13(4)24(22-15)12(2)3/h6-8,11-12H,5,9-10H2,1-4H3. The zero-order valence-corrected chi connectivity index (χ0v) is 16.7. The van der Waals surface area contributed by atoms with E-state index in [0.29, 0.717) is 30.1 Å². The number of hydrogen-bond donors (Lipinski definition) is 0. The fourth-order valence-corrected chi connectivity index (χ4v) is 4.01. The van der Waals surface area contributed by atoms with Crippen molar-refractivity contribution in [2.45, 2.75) is 40.3 Å². The van der Waals surface area contributed by atoms with E-state index in [1.165, 1.54) is 17.4 Å². The van der Waals surface area contributed by atoms with E-state index in [9.17, 15) is 9.18 Å². The first-order chi connectivity index (χ1) is 12.9. The molecule has 0 bridgehead atoms. The molecule has 1 aromatic carbocycles. The molecule has 2 aromatic heterocycles. The van der Waals surface area contributed by atoms with Crippen LogP contribution in [0.5, 0.6) is 0 Å². The first-order valence-corrected chi connectivity index (χ1v) is 9.74. The molecule has 0 aliphatic carbocycles. The van der Waals surface area contributed by atoms with Gasteiger partial charge in [-0.1, -0.05) is 17.4 Å². The maximum atomic E-state index is 14.4. The summed E-state index contributed by atoms with van der Waals surface area (Å²) in [4.78, 5) is 17.4. The fraction of sp³-hybridized carbons (Fsp3) is 0.421. The van der Waals surface area contributed by atoms with Crippen LogP contribution in [-0.2, 0) is 11.3 Å². The van der Waals surface area contributed by atoms with Crippen LogP contribution in [0.3, 0.4) is 0 Å². The highest BCUT2D eigenvalue weighted by Gasteiger charge is 2.16. The van der Waals surface area contributed by atoms with E-state index in [0.717, 1.165) is 10.4 Å². The first kappa shape index (κ1) is 19.4. The van der Waals surface area contributed by atoms with E-state index in [1.54, 1.807) is 21.4 Å². The Kier molecular flexibility index (Phi) is 5.86. The van der Waals surface area contributed by atoms with Crippen LogP contribution in [0.4, 0.5) is 4.39 Å². The predicted molar refractivity (Wildman–Crippen MR) is 104 cm³/mol. The number of rotatable bonds is 6. The van der Waals surface area contributed by atoms with Crippen molar-refractivity contribution in [3.8, 4) is 0 Å². The molecule has 3 aromatic rings. The number of thiazole rings is 1. The molecular formula is C19H23FN4O2S. The first-order valence-electron chi connectivity index (χ1n) is 8.93. The molecular weight excluding hydrogens is 367 g/mol. The van der Waals surface area contributed by atoms with Gasteiger partial charge in [0.15, 0.2) is 10.5 Å². The van der Waals surface area contributed by atoms with Gasteiger partial charge in [0.25, 0.3) is 5.91 Å². The van der Waals surface area contributed by atoms with Crippen LogP contribution < -0.4 is 4.80 Å².